The maximum Gasteiger partial charge on any atom is 0.0410 e. The van der Waals surface area contributed by atoms with Gasteiger partial charge in [0.2, 0.25) is 0 Å². The summed E-state index contributed by atoms with van der Waals surface area (Å²) in [4.78, 5) is 0. The van der Waals surface area contributed by atoms with Gasteiger partial charge in [0.15, 0.2) is 0 Å². The Bertz CT molecular complexity index is 329. The van der Waals surface area contributed by atoms with Gasteiger partial charge in [-0.1, -0.05) is 28.1 Å². The normalized spacial score (nSPS) is 19.6. The Balaban J connectivity index is 2.36. The molecule has 0 aliphatic heterocycles. The minimum atomic E-state index is -0.0315. The number of halogens is 1. The van der Waals surface area contributed by atoms with E-state index in [0.717, 1.165) is 12.8 Å². The fraction of sp³-hybridized carbons (Fsp3) is 0.455. The summed E-state index contributed by atoms with van der Waals surface area (Å²) < 4.78 is 1.17. The second kappa shape index (κ2) is 3.10. The third-order valence-electron chi connectivity index (χ3n) is 2.99. The van der Waals surface area contributed by atoms with Crippen molar-refractivity contribution in [2.24, 2.45) is 5.73 Å². The minimum Gasteiger partial charge on any atom is -0.321 e. The molecule has 0 spiro atoms. The molecule has 1 fully saturated rings. The highest BCUT2D eigenvalue weighted by Crippen LogP contribution is 2.39. The molecule has 1 aromatic rings. The van der Waals surface area contributed by atoms with E-state index < -0.39 is 0 Å². The number of hydrogen-bond acceptors (Lipinski definition) is 1. The largest absolute Gasteiger partial charge is 0.321 e. The van der Waals surface area contributed by atoms with Gasteiger partial charge < -0.3 is 5.73 Å². The first-order valence-electron chi connectivity index (χ1n) is 4.67. The predicted octanol–water partition coefficient (Wildman–Crippen LogP) is 3.10. The van der Waals surface area contributed by atoms with E-state index in [0.29, 0.717) is 0 Å². The van der Waals surface area contributed by atoms with E-state index >= 15 is 0 Å². The molecule has 1 nitrogen and oxygen atoms in total. The second-order valence-electron chi connectivity index (χ2n) is 3.97. The molecule has 0 saturated heterocycles. The van der Waals surface area contributed by atoms with E-state index in [1.165, 1.54) is 22.0 Å². The molecule has 0 bridgehead atoms. The van der Waals surface area contributed by atoms with Gasteiger partial charge in [-0.2, -0.15) is 0 Å². The van der Waals surface area contributed by atoms with Crippen LogP contribution in [0.2, 0.25) is 0 Å². The summed E-state index contributed by atoms with van der Waals surface area (Å²) in [6.45, 7) is 2.10. The second-order valence-corrected chi connectivity index (χ2v) is 4.83. The van der Waals surface area contributed by atoms with Crippen LogP contribution in [-0.4, -0.2) is 0 Å². The van der Waals surface area contributed by atoms with Crippen molar-refractivity contribution in [2.45, 2.75) is 31.7 Å². The van der Waals surface area contributed by atoms with E-state index in [-0.39, 0.29) is 5.54 Å². The summed E-state index contributed by atoms with van der Waals surface area (Å²) in [5.41, 5.74) is 8.74. The fourth-order valence-electron chi connectivity index (χ4n) is 1.75. The van der Waals surface area contributed by atoms with E-state index in [9.17, 15) is 0 Å². The summed E-state index contributed by atoms with van der Waals surface area (Å²) >= 11 is 3.54. The van der Waals surface area contributed by atoms with Crippen molar-refractivity contribution in [3.05, 3.63) is 33.8 Å². The van der Waals surface area contributed by atoms with Crippen LogP contribution in [0.1, 0.15) is 30.4 Å². The summed E-state index contributed by atoms with van der Waals surface area (Å²) in [7, 11) is 0. The van der Waals surface area contributed by atoms with Crippen molar-refractivity contribution in [1.82, 2.24) is 0 Å². The van der Waals surface area contributed by atoms with Crippen LogP contribution in [0.5, 0.6) is 0 Å². The molecule has 0 aromatic heterocycles. The lowest BCUT2D eigenvalue weighted by Gasteiger charge is -2.38. The van der Waals surface area contributed by atoms with Gasteiger partial charge in [0.05, 0.1) is 0 Å². The summed E-state index contributed by atoms with van der Waals surface area (Å²) in [6.07, 6.45) is 3.52. The number of benzene rings is 1. The lowest BCUT2D eigenvalue weighted by atomic mass is 9.73. The smallest absolute Gasteiger partial charge is 0.0410 e. The molecule has 0 heterocycles. The average molecular weight is 240 g/mol. The number of nitrogens with two attached hydrogens (primary N) is 1. The molecule has 0 amide bonds. The quantitative estimate of drug-likeness (QED) is 0.801. The zero-order chi connectivity index (χ0) is 9.47. The first-order chi connectivity index (χ1) is 6.12. The molecule has 0 radical (unpaired) electrons. The standard InChI is InChI=1S/C11H14BrN/c1-8-3-4-9(7-10(8)12)11(13)5-2-6-11/h3-4,7H,2,5-6,13H2,1H3. The van der Waals surface area contributed by atoms with Crippen LogP contribution in [0.3, 0.4) is 0 Å². The monoisotopic (exact) mass is 239 g/mol. The Morgan fingerprint density at radius 3 is 2.54 bits per heavy atom. The first kappa shape index (κ1) is 9.22. The lowest BCUT2D eigenvalue weighted by molar-refractivity contribution is 0.253. The molecule has 13 heavy (non-hydrogen) atoms. The number of hydrogen-bond donors (Lipinski definition) is 1. The van der Waals surface area contributed by atoms with Gasteiger partial charge in [0, 0.05) is 10.0 Å². The Kier molecular flexibility index (Phi) is 2.20. The Morgan fingerprint density at radius 2 is 2.08 bits per heavy atom. The van der Waals surface area contributed by atoms with E-state index in [1.807, 2.05) is 0 Å². The molecule has 1 aliphatic carbocycles. The molecular weight excluding hydrogens is 226 g/mol. The van der Waals surface area contributed by atoms with Crippen molar-refractivity contribution in [3.63, 3.8) is 0 Å². The Labute approximate surface area is 87.5 Å². The molecule has 2 heteroatoms. The van der Waals surface area contributed by atoms with Crippen molar-refractivity contribution >= 4 is 15.9 Å². The summed E-state index contributed by atoms with van der Waals surface area (Å²) in [6, 6.07) is 6.44. The highest BCUT2D eigenvalue weighted by molar-refractivity contribution is 9.10. The van der Waals surface area contributed by atoms with Crippen LogP contribution in [0, 0.1) is 6.92 Å². The van der Waals surface area contributed by atoms with Gasteiger partial charge in [0.25, 0.3) is 0 Å². The van der Waals surface area contributed by atoms with Crippen LogP contribution in [0.25, 0.3) is 0 Å². The van der Waals surface area contributed by atoms with Crippen LogP contribution < -0.4 is 5.73 Å². The van der Waals surface area contributed by atoms with E-state index in [1.54, 1.807) is 0 Å². The van der Waals surface area contributed by atoms with E-state index in [4.69, 9.17) is 5.73 Å². The fourth-order valence-corrected chi connectivity index (χ4v) is 2.13. The van der Waals surface area contributed by atoms with Crippen molar-refractivity contribution in [2.75, 3.05) is 0 Å². The molecule has 70 valence electrons. The van der Waals surface area contributed by atoms with Crippen molar-refractivity contribution < 1.29 is 0 Å². The zero-order valence-electron chi connectivity index (χ0n) is 7.81. The van der Waals surface area contributed by atoms with Crippen LogP contribution >= 0.6 is 15.9 Å². The summed E-state index contributed by atoms with van der Waals surface area (Å²) in [5.74, 6) is 0. The third kappa shape index (κ3) is 1.53. The predicted molar refractivity (Wildman–Crippen MR) is 58.6 cm³/mol. The molecule has 2 rings (SSSR count). The first-order valence-corrected chi connectivity index (χ1v) is 5.47. The lowest BCUT2D eigenvalue weighted by Crippen LogP contribution is -2.43. The van der Waals surface area contributed by atoms with Gasteiger partial charge in [0.1, 0.15) is 0 Å². The summed E-state index contributed by atoms with van der Waals surface area (Å²) in [5, 5.41) is 0. The molecule has 1 aromatic carbocycles. The van der Waals surface area contributed by atoms with Gasteiger partial charge in [-0.25, -0.2) is 0 Å². The molecule has 0 unspecified atom stereocenters. The maximum absolute atomic E-state index is 6.22. The van der Waals surface area contributed by atoms with Crippen molar-refractivity contribution in [1.29, 1.82) is 0 Å². The van der Waals surface area contributed by atoms with Crippen molar-refractivity contribution in [3.8, 4) is 0 Å². The Hall–Kier alpha value is -0.340. The molecule has 0 atom stereocenters. The van der Waals surface area contributed by atoms with Gasteiger partial charge in [-0.15, -0.1) is 0 Å². The molecule has 1 aliphatic rings. The van der Waals surface area contributed by atoms with Crippen LogP contribution in [0.15, 0.2) is 22.7 Å². The average Bonchev–Trinajstić information content (AvgIpc) is 2.06. The zero-order valence-corrected chi connectivity index (χ0v) is 9.39. The van der Waals surface area contributed by atoms with Gasteiger partial charge in [-0.3, -0.25) is 0 Å². The van der Waals surface area contributed by atoms with E-state index in [2.05, 4.69) is 41.1 Å². The number of rotatable bonds is 1. The number of aryl methyl sites for hydroxylation is 1. The Morgan fingerprint density at radius 1 is 1.38 bits per heavy atom. The van der Waals surface area contributed by atoms with Gasteiger partial charge >= 0.3 is 0 Å². The molecule has 1 saturated carbocycles. The third-order valence-corrected chi connectivity index (χ3v) is 3.85. The molecule has 2 N–H and O–H groups in total. The van der Waals surface area contributed by atoms with Crippen LogP contribution in [-0.2, 0) is 5.54 Å². The highest BCUT2D eigenvalue weighted by Gasteiger charge is 2.34. The van der Waals surface area contributed by atoms with Gasteiger partial charge in [-0.05, 0) is 43.4 Å². The SMILES string of the molecule is Cc1ccc(C2(N)CCC2)cc1Br. The highest BCUT2D eigenvalue weighted by atomic mass is 79.9. The topological polar surface area (TPSA) is 26.0 Å². The minimum absolute atomic E-state index is 0.0315. The molecular formula is C11H14BrN. The maximum atomic E-state index is 6.22. The van der Waals surface area contributed by atoms with Crippen LogP contribution in [0.4, 0.5) is 0 Å².